The number of hydrogen-bond donors (Lipinski definition) is 3. The van der Waals surface area contributed by atoms with Gasteiger partial charge in [-0.3, -0.25) is 4.90 Å². The molecule has 1 aliphatic rings. The highest BCUT2D eigenvalue weighted by Gasteiger charge is 2.57. The van der Waals surface area contributed by atoms with E-state index in [1.165, 1.54) is 19.4 Å². The molecule has 0 aromatic carbocycles. The zero-order valence-corrected chi connectivity index (χ0v) is 16.3. The fourth-order valence-corrected chi connectivity index (χ4v) is 3.14. The maximum absolute atomic E-state index is 13.4. The molecule has 1 saturated heterocycles. The molecule has 0 radical (unpaired) electrons. The lowest BCUT2D eigenvalue weighted by atomic mass is 9.97. The first-order valence-electron chi connectivity index (χ1n) is 9.09. The highest BCUT2D eigenvalue weighted by Crippen LogP contribution is 2.40. The maximum Gasteiger partial charge on any atom is 0.424 e. The van der Waals surface area contributed by atoms with Gasteiger partial charge in [0.25, 0.3) is 0 Å². The van der Waals surface area contributed by atoms with Crippen molar-refractivity contribution in [3.8, 4) is 0 Å². The molecule has 1 fully saturated rings. The fraction of sp³-hybridized carbons (Fsp3) is 0.765. The molecule has 1 aliphatic heterocycles. The highest BCUT2D eigenvalue weighted by molar-refractivity contribution is 5.73. The molecular weight excluding hydrogens is 379 g/mol. The van der Waals surface area contributed by atoms with E-state index in [4.69, 9.17) is 4.74 Å². The highest BCUT2D eigenvalue weighted by atomic mass is 19.4. The van der Waals surface area contributed by atoms with Crippen molar-refractivity contribution in [2.24, 2.45) is 7.05 Å². The summed E-state index contributed by atoms with van der Waals surface area (Å²) >= 11 is 0. The van der Waals surface area contributed by atoms with E-state index in [1.807, 2.05) is 13.8 Å². The van der Waals surface area contributed by atoms with E-state index in [1.54, 1.807) is 0 Å². The van der Waals surface area contributed by atoms with E-state index in [9.17, 15) is 23.1 Å². The van der Waals surface area contributed by atoms with Crippen LogP contribution in [-0.4, -0.2) is 76.7 Å². The Morgan fingerprint density at radius 3 is 2.46 bits per heavy atom. The van der Waals surface area contributed by atoms with E-state index in [-0.39, 0.29) is 12.1 Å². The van der Waals surface area contributed by atoms with Crippen LogP contribution in [0.25, 0.3) is 0 Å². The van der Waals surface area contributed by atoms with Crippen molar-refractivity contribution in [3.63, 3.8) is 0 Å². The molecule has 1 aromatic heterocycles. The van der Waals surface area contributed by atoms with Crippen molar-refractivity contribution in [1.29, 1.82) is 0 Å². The molecule has 1 atom stereocenters. The minimum absolute atomic E-state index is 0.319. The SMILES string of the molecule is Cn1ccnc1C(O)(CCNC(=O)NCC(C)(C)N1CCOCC1)C(F)(F)F. The summed E-state index contributed by atoms with van der Waals surface area (Å²) in [6, 6.07) is -0.592. The third kappa shape index (κ3) is 5.15. The fourth-order valence-electron chi connectivity index (χ4n) is 3.14. The summed E-state index contributed by atoms with van der Waals surface area (Å²) < 4.78 is 46.7. The van der Waals surface area contributed by atoms with Gasteiger partial charge in [0.15, 0.2) is 0 Å². The van der Waals surface area contributed by atoms with E-state index >= 15 is 0 Å². The molecule has 0 aliphatic carbocycles. The number of aryl methyl sites for hydroxylation is 1. The zero-order chi connectivity index (χ0) is 21.0. The van der Waals surface area contributed by atoms with Gasteiger partial charge in [-0.1, -0.05) is 0 Å². The predicted molar refractivity (Wildman–Crippen MR) is 95.6 cm³/mol. The van der Waals surface area contributed by atoms with Crippen molar-refractivity contribution >= 4 is 6.03 Å². The number of halogens is 3. The van der Waals surface area contributed by atoms with Gasteiger partial charge in [-0.2, -0.15) is 13.2 Å². The summed E-state index contributed by atoms with van der Waals surface area (Å²) in [5.74, 6) is -0.518. The first-order chi connectivity index (χ1) is 13.0. The van der Waals surface area contributed by atoms with E-state index < -0.39 is 30.1 Å². The Balaban J connectivity index is 1.87. The molecule has 1 unspecified atom stereocenters. The molecule has 2 heterocycles. The maximum atomic E-state index is 13.4. The van der Waals surface area contributed by atoms with Crippen LogP contribution >= 0.6 is 0 Å². The molecule has 160 valence electrons. The number of nitrogens with zero attached hydrogens (tertiary/aromatic N) is 3. The van der Waals surface area contributed by atoms with Gasteiger partial charge >= 0.3 is 12.2 Å². The number of ether oxygens (including phenoxy) is 1. The number of carbonyl (C=O) groups is 1. The number of aromatic nitrogens is 2. The third-order valence-corrected chi connectivity index (χ3v) is 4.98. The Hall–Kier alpha value is -1.85. The molecule has 2 amide bonds. The molecule has 8 nitrogen and oxygen atoms in total. The monoisotopic (exact) mass is 407 g/mol. The standard InChI is InChI=1S/C17H28F3N5O3/c1-15(2,25-8-10-28-11-9-25)12-23-14(26)22-5-4-16(27,17(18,19)20)13-21-6-7-24(13)3/h6-7,27H,4-5,8-12H2,1-3H3,(H2,22,23,26). The van der Waals surface area contributed by atoms with E-state index in [0.29, 0.717) is 19.8 Å². The van der Waals surface area contributed by atoms with Gasteiger partial charge in [0.05, 0.1) is 13.2 Å². The van der Waals surface area contributed by atoms with Crippen LogP contribution in [0.5, 0.6) is 0 Å². The Morgan fingerprint density at radius 1 is 1.29 bits per heavy atom. The summed E-state index contributed by atoms with van der Waals surface area (Å²) in [4.78, 5) is 17.8. The number of amides is 2. The Labute approximate surface area is 162 Å². The molecule has 28 heavy (non-hydrogen) atoms. The Morgan fingerprint density at radius 2 is 1.93 bits per heavy atom. The number of alkyl halides is 3. The second-order valence-electron chi connectivity index (χ2n) is 7.49. The molecule has 0 saturated carbocycles. The summed E-state index contributed by atoms with van der Waals surface area (Å²) in [6.07, 6.45) is -3.18. The first kappa shape index (κ1) is 22.4. The smallest absolute Gasteiger partial charge is 0.379 e. The average molecular weight is 407 g/mol. The summed E-state index contributed by atoms with van der Waals surface area (Å²) in [7, 11) is 1.37. The summed E-state index contributed by atoms with van der Waals surface area (Å²) in [6.45, 7) is 6.65. The second-order valence-corrected chi connectivity index (χ2v) is 7.49. The van der Waals surface area contributed by atoms with Crippen molar-refractivity contribution in [2.75, 3.05) is 39.4 Å². The van der Waals surface area contributed by atoms with Crippen LogP contribution in [0, 0.1) is 0 Å². The topological polar surface area (TPSA) is 91.7 Å². The van der Waals surface area contributed by atoms with Crippen molar-refractivity contribution in [2.45, 2.75) is 37.6 Å². The Bertz CT molecular complexity index is 659. The van der Waals surface area contributed by atoms with Gasteiger partial charge in [0.1, 0.15) is 5.82 Å². The normalized spacial score (nSPS) is 18.5. The molecule has 2 rings (SSSR count). The summed E-state index contributed by atoms with van der Waals surface area (Å²) in [5.41, 5.74) is -3.47. The van der Waals surface area contributed by atoms with Crippen molar-refractivity contribution in [3.05, 3.63) is 18.2 Å². The van der Waals surface area contributed by atoms with Gasteiger partial charge < -0.3 is 25.0 Å². The molecule has 0 spiro atoms. The number of rotatable bonds is 7. The van der Waals surface area contributed by atoms with Crippen LogP contribution in [0.2, 0.25) is 0 Å². The average Bonchev–Trinajstić information content (AvgIpc) is 3.06. The van der Waals surface area contributed by atoms with Crippen LogP contribution in [0.1, 0.15) is 26.1 Å². The van der Waals surface area contributed by atoms with Gasteiger partial charge in [0.2, 0.25) is 5.60 Å². The van der Waals surface area contributed by atoms with Crippen molar-refractivity contribution < 1.29 is 27.8 Å². The van der Waals surface area contributed by atoms with Crippen LogP contribution in [-0.2, 0) is 17.4 Å². The van der Waals surface area contributed by atoms with E-state index in [2.05, 4.69) is 20.5 Å². The lowest BCUT2D eigenvalue weighted by molar-refractivity contribution is -0.272. The molecule has 3 N–H and O–H groups in total. The third-order valence-electron chi connectivity index (χ3n) is 4.98. The lowest BCUT2D eigenvalue weighted by Gasteiger charge is -2.40. The number of urea groups is 1. The van der Waals surface area contributed by atoms with Crippen LogP contribution in [0.3, 0.4) is 0 Å². The second kappa shape index (κ2) is 8.66. The van der Waals surface area contributed by atoms with E-state index in [0.717, 1.165) is 17.7 Å². The largest absolute Gasteiger partial charge is 0.424 e. The van der Waals surface area contributed by atoms with Crippen LogP contribution in [0.4, 0.5) is 18.0 Å². The Kier molecular flexibility index (Phi) is 6.94. The number of nitrogens with one attached hydrogen (secondary N) is 2. The number of aliphatic hydroxyl groups is 1. The minimum Gasteiger partial charge on any atom is -0.379 e. The zero-order valence-electron chi connectivity index (χ0n) is 16.3. The summed E-state index contributed by atoms with van der Waals surface area (Å²) in [5, 5.41) is 15.3. The van der Waals surface area contributed by atoms with Gasteiger partial charge in [-0.15, -0.1) is 0 Å². The van der Waals surface area contributed by atoms with Crippen LogP contribution in [0.15, 0.2) is 12.4 Å². The van der Waals surface area contributed by atoms with Crippen LogP contribution < -0.4 is 10.6 Å². The van der Waals surface area contributed by atoms with Gasteiger partial charge in [-0.05, 0) is 13.8 Å². The quantitative estimate of drug-likeness (QED) is 0.627. The first-order valence-corrected chi connectivity index (χ1v) is 9.09. The number of hydrogen-bond acceptors (Lipinski definition) is 5. The molecular formula is C17H28F3N5O3. The van der Waals surface area contributed by atoms with Crippen molar-refractivity contribution in [1.82, 2.24) is 25.1 Å². The van der Waals surface area contributed by atoms with Gasteiger partial charge in [0, 0.05) is 57.6 Å². The number of morpholine rings is 1. The predicted octanol–water partition coefficient (Wildman–Crippen LogP) is 0.970. The molecule has 1 aromatic rings. The van der Waals surface area contributed by atoms with Gasteiger partial charge in [-0.25, -0.2) is 9.78 Å². The minimum atomic E-state index is -4.93. The number of imidazole rings is 1. The lowest BCUT2D eigenvalue weighted by Crippen LogP contribution is -2.56. The molecule has 0 bridgehead atoms. The number of carbonyl (C=O) groups excluding carboxylic acids is 1. The molecule has 11 heteroatoms.